The molecule has 1 aliphatic heterocycles. The minimum atomic E-state index is -3.77. The van der Waals surface area contributed by atoms with Crippen molar-refractivity contribution in [2.45, 2.75) is 38.0 Å². The van der Waals surface area contributed by atoms with Gasteiger partial charge < -0.3 is 10.2 Å². The van der Waals surface area contributed by atoms with Crippen LogP contribution < -0.4 is 9.62 Å². The summed E-state index contributed by atoms with van der Waals surface area (Å²) in [7, 11) is -2.24. The number of carbonyl (C=O) groups is 1. The van der Waals surface area contributed by atoms with E-state index in [1.165, 1.54) is 36.3 Å². The molecule has 0 bridgehead atoms. The van der Waals surface area contributed by atoms with Gasteiger partial charge in [-0.3, -0.25) is 9.10 Å². The van der Waals surface area contributed by atoms with Crippen molar-refractivity contribution in [2.75, 3.05) is 37.5 Å². The first-order valence-electron chi connectivity index (χ1n) is 10.9. The Balaban J connectivity index is 1.61. The van der Waals surface area contributed by atoms with Gasteiger partial charge in [0.15, 0.2) is 0 Å². The fourth-order valence-corrected chi connectivity index (χ4v) is 5.41. The van der Waals surface area contributed by atoms with Crippen LogP contribution in [0.3, 0.4) is 0 Å². The summed E-state index contributed by atoms with van der Waals surface area (Å²) in [6.45, 7) is 7.96. The molecule has 31 heavy (non-hydrogen) atoms. The minimum Gasteiger partial charge on any atom is -0.352 e. The van der Waals surface area contributed by atoms with Crippen LogP contribution >= 0.6 is 0 Å². The number of amides is 1. The number of rotatable bonds is 8. The van der Waals surface area contributed by atoms with Gasteiger partial charge in [-0.1, -0.05) is 31.2 Å². The first-order chi connectivity index (χ1) is 14.8. The zero-order valence-corrected chi connectivity index (χ0v) is 19.5. The molecule has 3 rings (SSSR count). The first-order valence-corrected chi connectivity index (χ1v) is 12.4. The van der Waals surface area contributed by atoms with Crippen LogP contribution in [0.4, 0.5) is 5.69 Å². The summed E-state index contributed by atoms with van der Waals surface area (Å²) in [5, 5.41) is 2.92. The number of para-hydroxylation sites is 1. The summed E-state index contributed by atoms with van der Waals surface area (Å²) >= 11 is 0. The van der Waals surface area contributed by atoms with Crippen LogP contribution in [0.1, 0.15) is 42.1 Å². The zero-order valence-electron chi connectivity index (χ0n) is 18.7. The molecule has 168 valence electrons. The second-order valence-corrected chi connectivity index (χ2v) is 10.4. The van der Waals surface area contributed by atoms with E-state index in [9.17, 15) is 13.2 Å². The van der Waals surface area contributed by atoms with Crippen molar-refractivity contribution in [3.05, 3.63) is 59.7 Å². The molecule has 1 amide bonds. The van der Waals surface area contributed by atoms with E-state index in [-0.39, 0.29) is 10.8 Å². The second kappa shape index (κ2) is 10.3. The van der Waals surface area contributed by atoms with Crippen molar-refractivity contribution in [1.29, 1.82) is 0 Å². The molecule has 0 aliphatic carbocycles. The average molecular weight is 444 g/mol. The Kier molecular flexibility index (Phi) is 7.73. The number of piperidine rings is 1. The Morgan fingerprint density at radius 2 is 1.97 bits per heavy atom. The third-order valence-electron chi connectivity index (χ3n) is 5.89. The number of nitrogens with zero attached hydrogens (tertiary/aromatic N) is 2. The monoisotopic (exact) mass is 443 g/mol. The molecule has 0 radical (unpaired) electrons. The van der Waals surface area contributed by atoms with Gasteiger partial charge in [-0.2, -0.15) is 0 Å². The van der Waals surface area contributed by atoms with Gasteiger partial charge >= 0.3 is 0 Å². The van der Waals surface area contributed by atoms with Gasteiger partial charge in [0, 0.05) is 25.7 Å². The molecule has 1 heterocycles. The van der Waals surface area contributed by atoms with E-state index in [0.717, 1.165) is 37.5 Å². The van der Waals surface area contributed by atoms with Crippen LogP contribution in [0.15, 0.2) is 53.4 Å². The molecule has 1 N–H and O–H groups in total. The maximum absolute atomic E-state index is 13.1. The number of hydrogen-bond donors (Lipinski definition) is 1. The molecule has 0 saturated carbocycles. The molecule has 1 saturated heterocycles. The Labute approximate surface area is 186 Å². The van der Waals surface area contributed by atoms with Crippen molar-refractivity contribution in [3.8, 4) is 0 Å². The topological polar surface area (TPSA) is 69.7 Å². The highest BCUT2D eigenvalue weighted by Gasteiger charge is 2.23. The lowest BCUT2D eigenvalue weighted by Gasteiger charge is -2.30. The zero-order chi connectivity index (χ0) is 22.4. The lowest BCUT2D eigenvalue weighted by molar-refractivity contribution is 0.0950. The average Bonchev–Trinajstić information content (AvgIpc) is 2.76. The standard InChI is InChI=1S/C24H33N3O3S/c1-19-9-7-15-27(18-19)16-8-14-25-24(28)21-11-6-12-22(17-21)31(29,30)26(3)23-13-5-4-10-20(23)2/h4-6,10-13,17,19H,7-9,14-16,18H2,1-3H3,(H,25,28). The number of benzene rings is 2. The molecule has 1 atom stereocenters. The lowest BCUT2D eigenvalue weighted by Crippen LogP contribution is -2.36. The molecule has 7 heteroatoms. The molecule has 1 fully saturated rings. The maximum Gasteiger partial charge on any atom is 0.264 e. The van der Waals surface area contributed by atoms with Crippen molar-refractivity contribution in [2.24, 2.45) is 5.92 Å². The third-order valence-corrected chi connectivity index (χ3v) is 7.65. The number of sulfonamides is 1. The number of aryl methyl sites for hydroxylation is 1. The molecule has 2 aromatic carbocycles. The van der Waals surface area contributed by atoms with Crippen LogP contribution in [-0.4, -0.2) is 52.5 Å². The molecule has 0 spiro atoms. The van der Waals surface area contributed by atoms with Gasteiger partial charge in [0.05, 0.1) is 10.6 Å². The summed E-state index contributed by atoms with van der Waals surface area (Å²) in [6.07, 6.45) is 3.42. The summed E-state index contributed by atoms with van der Waals surface area (Å²) in [4.78, 5) is 15.1. The Bertz CT molecular complexity index is 1010. The molecule has 2 aromatic rings. The Hall–Kier alpha value is -2.38. The number of nitrogens with one attached hydrogen (secondary N) is 1. The predicted octanol–water partition coefficient (Wildman–Crippen LogP) is 3.67. The summed E-state index contributed by atoms with van der Waals surface area (Å²) < 4.78 is 27.5. The van der Waals surface area contributed by atoms with Crippen molar-refractivity contribution in [3.63, 3.8) is 0 Å². The summed E-state index contributed by atoms with van der Waals surface area (Å²) in [5.74, 6) is 0.494. The number of likely N-dealkylation sites (tertiary alicyclic amines) is 1. The van der Waals surface area contributed by atoms with Gasteiger partial charge in [0.25, 0.3) is 15.9 Å². The first kappa shape index (κ1) is 23.3. The highest BCUT2D eigenvalue weighted by molar-refractivity contribution is 7.92. The van der Waals surface area contributed by atoms with Gasteiger partial charge in [0.1, 0.15) is 0 Å². The van der Waals surface area contributed by atoms with E-state index >= 15 is 0 Å². The lowest BCUT2D eigenvalue weighted by atomic mass is 10.0. The number of anilines is 1. The summed E-state index contributed by atoms with van der Waals surface area (Å²) in [5.41, 5.74) is 1.83. The van der Waals surface area contributed by atoms with Crippen LogP contribution in [0, 0.1) is 12.8 Å². The fourth-order valence-electron chi connectivity index (χ4n) is 4.10. The number of hydrogen-bond acceptors (Lipinski definition) is 4. The van der Waals surface area contributed by atoms with Crippen molar-refractivity contribution < 1.29 is 13.2 Å². The van der Waals surface area contributed by atoms with Gasteiger partial charge in [0.2, 0.25) is 0 Å². The maximum atomic E-state index is 13.1. The highest BCUT2D eigenvalue weighted by atomic mass is 32.2. The van der Waals surface area contributed by atoms with E-state index in [1.54, 1.807) is 18.2 Å². The smallest absolute Gasteiger partial charge is 0.264 e. The molecule has 1 aliphatic rings. The quantitative estimate of drug-likeness (QED) is 0.632. The molecular formula is C24H33N3O3S. The fraction of sp³-hybridized carbons (Fsp3) is 0.458. The second-order valence-electron chi connectivity index (χ2n) is 8.44. The van der Waals surface area contributed by atoms with Crippen molar-refractivity contribution >= 4 is 21.6 Å². The van der Waals surface area contributed by atoms with E-state index in [4.69, 9.17) is 0 Å². The molecule has 0 aromatic heterocycles. The van der Waals surface area contributed by atoms with Crippen LogP contribution in [0.2, 0.25) is 0 Å². The van der Waals surface area contributed by atoms with E-state index in [1.807, 2.05) is 25.1 Å². The van der Waals surface area contributed by atoms with Gasteiger partial charge in [-0.25, -0.2) is 8.42 Å². The third kappa shape index (κ3) is 5.86. The van der Waals surface area contributed by atoms with Crippen LogP contribution in [0.25, 0.3) is 0 Å². The van der Waals surface area contributed by atoms with Crippen LogP contribution in [0.5, 0.6) is 0 Å². The number of carbonyl (C=O) groups excluding carboxylic acids is 1. The van der Waals surface area contributed by atoms with E-state index in [0.29, 0.717) is 17.8 Å². The predicted molar refractivity (Wildman–Crippen MR) is 125 cm³/mol. The minimum absolute atomic E-state index is 0.105. The van der Waals surface area contributed by atoms with E-state index in [2.05, 4.69) is 17.1 Å². The normalized spacial score (nSPS) is 17.3. The molecular weight excluding hydrogens is 410 g/mol. The summed E-state index contributed by atoms with van der Waals surface area (Å²) in [6, 6.07) is 13.6. The van der Waals surface area contributed by atoms with Crippen LogP contribution in [-0.2, 0) is 10.0 Å². The Morgan fingerprint density at radius 3 is 2.71 bits per heavy atom. The Morgan fingerprint density at radius 1 is 1.19 bits per heavy atom. The molecule has 1 unspecified atom stereocenters. The van der Waals surface area contributed by atoms with E-state index < -0.39 is 10.0 Å². The molecule has 6 nitrogen and oxygen atoms in total. The highest BCUT2D eigenvalue weighted by Crippen LogP contribution is 2.25. The SMILES string of the molecule is Cc1ccccc1N(C)S(=O)(=O)c1cccc(C(=O)NCCCN2CCCC(C)C2)c1. The van der Waals surface area contributed by atoms with Gasteiger partial charge in [-0.05, 0) is 75.0 Å². The van der Waals surface area contributed by atoms with Gasteiger partial charge in [-0.15, -0.1) is 0 Å². The van der Waals surface area contributed by atoms with Crippen molar-refractivity contribution in [1.82, 2.24) is 10.2 Å². The largest absolute Gasteiger partial charge is 0.352 e.